The first-order valence-corrected chi connectivity index (χ1v) is 5.41. The molecule has 1 atom stereocenters. The lowest BCUT2D eigenvalue weighted by Gasteiger charge is -2.40. The Kier molecular flexibility index (Phi) is 2.95. The Morgan fingerprint density at radius 3 is 2.75 bits per heavy atom. The van der Waals surface area contributed by atoms with E-state index in [0.29, 0.717) is 0 Å². The highest BCUT2D eigenvalue weighted by Gasteiger charge is 2.34. The van der Waals surface area contributed by atoms with E-state index in [1.807, 2.05) is 48.3 Å². The quantitative estimate of drug-likeness (QED) is 0.770. The predicted molar refractivity (Wildman–Crippen MR) is 62.9 cm³/mol. The third-order valence-electron chi connectivity index (χ3n) is 2.89. The van der Waals surface area contributed by atoms with Gasteiger partial charge in [0.1, 0.15) is 6.04 Å². The minimum atomic E-state index is -0.737. The lowest BCUT2D eigenvalue weighted by atomic mass is 10.0. The van der Waals surface area contributed by atoms with E-state index in [0.717, 1.165) is 24.2 Å². The second-order valence-electron chi connectivity index (χ2n) is 4.06. The zero-order valence-corrected chi connectivity index (χ0v) is 9.26. The van der Waals surface area contributed by atoms with E-state index in [4.69, 9.17) is 5.11 Å². The van der Waals surface area contributed by atoms with Crippen molar-refractivity contribution in [1.29, 1.82) is 0 Å². The van der Waals surface area contributed by atoms with Crippen LogP contribution >= 0.6 is 0 Å². The molecule has 2 rings (SSSR count). The van der Waals surface area contributed by atoms with Crippen LogP contribution in [0.2, 0.25) is 0 Å². The molecular formula is C13H15NO2. The minimum Gasteiger partial charge on any atom is -0.480 e. The van der Waals surface area contributed by atoms with E-state index in [1.54, 1.807) is 0 Å². The van der Waals surface area contributed by atoms with E-state index >= 15 is 0 Å². The summed E-state index contributed by atoms with van der Waals surface area (Å²) >= 11 is 0. The number of likely N-dealkylation sites (tertiary alicyclic amines) is 1. The third kappa shape index (κ3) is 2.08. The first kappa shape index (κ1) is 10.7. The number of allylic oxidation sites excluding steroid dienone is 7. The molecule has 0 bridgehead atoms. The summed E-state index contributed by atoms with van der Waals surface area (Å²) in [6, 6.07) is -0.354. The maximum atomic E-state index is 10.9. The second-order valence-corrected chi connectivity index (χ2v) is 4.06. The van der Waals surface area contributed by atoms with E-state index in [1.165, 1.54) is 0 Å². The molecule has 1 unspecified atom stereocenters. The highest BCUT2D eigenvalue weighted by atomic mass is 16.4. The maximum absolute atomic E-state index is 10.9. The monoisotopic (exact) mass is 217 g/mol. The largest absolute Gasteiger partial charge is 0.480 e. The van der Waals surface area contributed by atoms with Crippen molar-refractivity contribution in [2.75, 3.05) is 6.54 Å². The summed E-state index contributed by atoms with van der Waals surface area (Å²) in [7, 11) is 0. The topological polar surface area (TPSA) is 40.5 Å². The van der Waals surface area contributed by atoms with Crippen molar-refractivity contribution >= 4 is 5.97 Å². The Bertz CT molecular complexity index is 416. The molecule has 1 aliphatic heterocycles. The maximum Gasteiger partial charge on any atom is 0.326 e. The van der Waals surface area contributed by atoms with Gasteiger partial charge in [0.05, 0.1) is 0 Å². The molecule has 0 spiro atoms. The van der Waals surface area contributed by atoms with Crippen LogP contribution in [0.5, 0.6) is 0 Å². The summed E-state index contributed by atoms with van der Waals surface area (Å²) in [6.45, 7) is 2.85. The molecule has 1 saturated heterocycles. The first-order valence-electron chi connectivity index (χ1n) is 5.41. The molecule has 3 heteroatoms. The Morgan fingerprint density at radius 1 is 1.38 bits per heavy atom. The van der Waals surface area contributed by atoms with E-state index in [2.05, 4.69) is 0 Å². The first-order chi connectivity index (χ1) is 7.68. The van der Waals surface area contributed by atoms with E-state index < -0.39 is 5.97 Å². The van der Waals surface area contributed by atoms with Crippen LogP contribution in [0.25, 0.3) is 0 Å². The molecule has 3 nitrogen and oxygen atoms in total. The van der Waals surface area contributed by atoms with Gasteiger partial charge >= 0.3 is 5.97 Å². The van der Waals surface area contributed by atoms with Gasteiger partial charge in [-0.1, -0.05) is 29.9 Å². The van der Waals surface area contributed by atoms with Crippen molar-refractivity contribution in [3.8, 4) is 0 Å². The van der Waals surface area contributed by atoms with Gasteiger partial charge in [0, 0.05) is 12.2 Å². The number of nitrogens with zero attached hydrogens (tertiary/aromatic N) is 1. The Balaban J connectivity index is 2.18. The van der Waals surface area contributed by atoms with E-state index in [-0.39, 0.29) is 6.04 Å². The van der Waals surface area contributed by atoms with Crippen molar-refractivity contribution < 1.29 is 9.90 Å². The average molecular weight is 217 g/mol. The van der Waals surface area contributed by atoms with Crippen molar-refractivity contribution in [3.63, 3.8) is 0 Å². The summed E-state index contributed by atoms with van der Waals surface area (Å²) in [5.41, 5.74) is 2.14. The second kappa shape index (κ2) is 4.39. The van der Waals surface area contributed by atoms with Crippen LogP contribution in [0.1, 0.15) is 13.3 Å². The minimum absolute atomic E-state index is 0.354. The average Bonchev–Trinajstić information content (AvgIpc) is 2.14. The van der Waals surface area contributed by atoms with E-state index in [9.17, 15) is 4.79 Å². The molecule has 1 N–H and O–H groups in total. The molecule has 2 aliphatic rings. The van der Waals surface area contributed by atoms with Crippen LogP contribution in [-0.2, 0) is 4.79 Å². The summed E-state index contributed by atoms with van der Waals surface area (Å²) in [4.78, 5) is 12.8. The zero-order valence-electron chi connectivity index (χ0n) is 9.26. The standard InChI is InChI=1S/C13H15NO2/c1-10-4-2-3-5-11(7-6-10)14-9-8-12(14)13(15)16/h2-7,12H,8-9H2,1H3,(H,15,16)/b3-2?,4-2?,5-3-,7-6?,10-4?,10-6?,11-5?,11-7+. The van der Waals surface area contributed by atoms with Gasteiger partial charge in [0.25, 0.3) is 0 Å². The van der Waals surface area contributed by atoms with Gasteiger partial charge in [-0.3, -0.25) is 0 Å². The molecule has 0 aromatic heterocycles. The Labute approximate surface area is 95.1 Å². The van der Waals surface area contributed by atoms with Gasteiger partial charge in [-0.15, -0.1) is 0 Å². The predicted octanol–water partition coefficient (Wildman–Crippen LogP) is 2.10. The number of hydrogen-bond donors (Lipinski definition) is 1. The lowest BCUT2D eigenvalue weighted by Crippen LogP contribution is -2.51. The van der Waals surface area contributed by atoms with Crippen LogP contribution in [0, 0.1) is 0 Å². The summed E-state index contributed by atoms with van der Waals surface area (Å²) < 4.78 is 0. The van der Waals surface area contributed by atoms with Crippen LogP contribution in [0.4, 0.5) is 0 Å². The number of carboxylic acid groups (broad SMARTS) is 1. The molecule has 1 heterocycles. The fourth-order valence-electron chi connectivity index (χ4n) is 1.83. The Hall–Kier alpha value is -1.77. The number of carboxylic acids is 1. The number of aliphatic carboxylic acids is 1. The molecule has 1 aliphatic carbocycles. The highest BCUT2D eigenvalue weighted by Crippen LogP contribution is 2.24. The molecule has 1 fully saturated rings. The molecule has 16 heavy (non-hydrogen) atoms. The van der Waals surface area contributed by atoms with Crippen molar-refractivity contribution in [2.45, 2.75) is 19.4 Å². The molecule has 0 aromatic carbocycles. The SMILES string of the molecule is CC1=C/C=C(N2CCC2C(=O)O)\C=C/C=C1. The fraction of sp³-hybridized carbons (Fsp3) is 0.308. The van der Waals surface area contributed by atoms with Gasteiger partial charge in [0.2, 0.25) is 0 Å². The van der Waals surface area contributed by atoms with Crippen molar-refractivity contribution in [1.82, 2.24) is 4.90 Å². The van der Waals surface area contributed by atoms with Gasteiger partial charge in [-0.25, -0.2) is 4.79 Å². The number of hydrogen-bond acceptors (Lipinski definition) is 2. The van der Waals surface area contributed by atoms with Gasteiger partial charge < -0.3 is 10.0 Å². The van der Waals surface area contributed by atoms with Crippen molar-refractivity contribution in [2.24, 2.45) is 0 Å². The third-order valence-corrected chi connectivity index (χ3v) is 2.89. The lowest BCUT2D eigenvalue weighted by molar-refractivity contribution is -0.146. The number of carbonyl (C=O) groups is 1. The summed E-state index contributed by atoms with van der Waals surface area (Å²) in [5.74, 6) is -0.737. The molecule has 0 amide bonds. The molecule has 84 valence electrons. The molecular weight excluding hydrogens is 202 g/mol. The molecule has 0 aromatic rings. The fourth-order valence-corrected chi connectivity index (χ4v) is 1.83. The molecule has 0 saturated carbocycles. The van der Waals surface area contributed by atoms with Gasteiger partial charge in [-0.05, 0) is 25.5 Å². The van der Waals surface area contributed by atoms with Crippen LogP contribution in [0.3, 0.4) is 0 Å². The van der Waals surface area contributed by atoms with Crippen LogP contribution in [0.15, 0.2) is 47.7 Å². The zero-order chi connectivity index (χ0) is 11.5. The normalized spacial score (nSPS) is 29.3. The molecule has 0 radical (unpaired) electrons. The summed E-state index contributed by atoms with van der Waals surface area (Å²) in [5, 5.41) is 8.99. The van der Waals surface area contributed by atoms with Crippen LogP contribution < -0.4 is 0 Å². The van der Waals surface area contributed by atoms with Gasteiger partial charge in [-0.2, -0.15) is 0 Å². The van der Waals surface area contributed by atoms with Gasteiger partial charge in [0.15, 0.2) is 0 Å². The van der Waals surface area contributed by atoms with Crippen LogP contribution in [-0.4, -0.2) is 28.6 Å². The number of rotatable bonds is 2. The highest BCUT2D eigenvalue weighted by molar-refractivity contribution is 5.75. The smallest absolute Gasteiger partial charge is 0.326 e. The Morgan fingerprint density at radius 2 is 2.12 bits per heavy atom. The van der Waals surface area contributed by atoms with Crippen molar-refractivity contribution in [3.05, 3.63) is 47.7 Å². The summed E-state index contributed by atoms with van der Waals surface area (Å²) in [6.07, 6.45) is 12.6.